The van der Waals surface area contributed by atoms with Crippen LogP contribution in [-0.4, -0.2) is 73.6 Å². The van der Waals surface area contributed by atoms with E-state index in [0.29, 0.717) is 41.6 Å². The Hall–Kier alpha value is -4.38. The molecule has 2 aliphatic heterocycles. The molecule has 10 nitrogen and oxygen atoms in total. The third-order valence-electron chi connectivity index (χ3n) is 11.5. The Morgan fingerprint density at radius 2 is 1.80 bits per heavy atom. The van der Waals surface area contributed by atoms with Gasteiger partial charge in [0.1, 0.15) is 18.0 Å². The first-order valence-corrected chi connectivity index (χ1v) is 18.2. The molecule has 0 bridgehead atoms. The summed E-state index contributed by atoms with van der Waals surface area (Å²) >= 11 is 0. The lowest BCUT2D eigenvalue weighted by Gasteiger charge is -2.48. The van der Waals surface area contributed by atoms with Gasteiger partial charge in [0, 0.05) is 41.1 Å². The average Bonchev–Trinajstić information content (AvgIpc) is 3.67. The van der Waals surface area contributed by atoms with Crippen LogP contribution in [-0.2, 0) is 10.2 Å². The first-order valence-electron chi connectivity index (χ1n) is 18.2. The molecule has 5 heterocycles. The van der Waals surface area contributed by atoms with Crippen molar-refractivity contribution in [1.82, 2.24) is 29.7 Å². The minimum absolute atomic E-state index is 0.119. The molecule has 0 spiro atoms. The number of hydrogen-bond donors (Lipinski definition) is 2. The molecule has 2 saturated carbocycles. The van der Waals surface area contributed by atoms with Crippen molar-refractivity contribution in [2.45, 2.75) is 109 Å². The van der Waals surface area contributed by atoms with E-state index in [1.807, 2.05) is 33.2 Å². The van der Waals surface area contributed by atoms with Gasteiger partial charge in [-0.3, -0.25) is 9.59 Å². The quantitative estimate of drug-likeness (QED) is 0.196. The van der Waals surface area contributed by atoms with E-state index in [9.17, 15) is 14.0 Å². The van der Waals surface area contributed by atoms with Crippen LogP contribution >= 0.6 is 0 Å². The number of nitrogens with one attached hydrogen (secondary N) is 2. The molecule has 3 aromatic heterocycles. The third kappa shape index (κ3) is 5.54. The van der Waals surface area contributed by atoms with Crippen LogP contribution in [0.1, 0.15) is 100 Å². The number of imidazole rings is 1. The number of piperidine rings is 1. The van der Waals surface area contributed by atoms with Crippen LogP contribution in [0.15, 0.2) is 42.9 Å². The standard InChI is InChI=1S/C39H47FN8O2/c1-23(2)47-22-42-31-19-30(43-35(34(31)47)44-33-18-28(24(3)20-41-33)36(49)45-39(21-40)11-12-39)25-9-10-29-32(15-25)48(37(50)38(29,4)5)27-16-26(17-27)46-13-7-6-8-14-46/h9-10,15,18-20,22-23,26-27H,6-8,11-14,16-17,21H2,1-5H3,(H,45,49)(H,41,43,44). The van der Waals surface area contributed by atoms with Gasteiger partial charge in [-0.25, -0.2) is 19.3 Å². The van der Waals surface area contributed by atoms with E-state index in [1.165, 1.54) is 32.4 Å². The minimum Gasteiger partial charge on any atom is -0.344 e. The zero-order chi connectivity index (χ0) is 34.9. The predicted octanol–water partition coefficient (Wildman–Crippen LogP) is 7.00. The van der Waals surface area contributed by atoms with E-state index < -0.39 is 17.6 Å². The molecular formula is C39H47FN8O2. The molecule has 11 heteroatoms. The molecule has 2 aliphatic carbocycles. The van der Waals surface area contributed by atoms with Crippen molar-refractivity contribution in [3.63, 3.8) is 0 Å². The highest BCUT2D eigenvalue weighted by Gasteiger charge is 2.50. The summed E-state index contributed by atoms with van der Waals surface area (Å²) < 4.78 is 15.7. The molecule has 50 heavy (non-hydrogen) atoms. The van der Waals surface area contributed by atoms with Crippen molar-refractivity contribution in [1.29, 1.82) is 0 Å². The summed E-state index contributed by atoms with van der Waals surface area (Å²) in [6.45, 7) is 11.8. The molecule has 8 rings (SSSR count). The summed E-state index contributed by atoms with van der Waals surface area (Å²) in [5, 5.41) is 6.28. The maximum absolute atomic E-state index is 14.0. The number of fused-ring (bicyclic) bond motifs is 2. The molecule has 2 N–H and O–H groups in total. The molecule has 0 radical (unpaired) electrons. The first-order chi connectivity index (χ1) is 24.0. The van der Waals surface area contributed by atoms with Gasteiger partial charge in [-0.05, 0) is 116 Å². The van der Waals surface area contributed by atoms with Crippen LogP contribution < -0.4 is 15.5 Å². The monoisotopic (exact) mass is 678 g/mol. The number of aryl methyl sites for hydroxylation is 1. The number of pyridine rings is 2. The van der Waals surface area contributed by atoms with E-state index in [2.05, 4.69) is 62.0 Å². The lowest BCUT2D eigenvalue weighted by atomic mass is 9.82. The van der Waals surface area contributed by atoms with Crippen LogP contribution in [0.25, 0.3) is 22.3 Å². The largest absolute Gasteiger partial charge is 0.344 e. The molecule has 0 atom stereocenters. The van der Waals surface area contributed by atoms with Gasteiger partial charge in [0.05, 0.1) is 28.5 Å². The van der Waals surface area contributed by atoms with Gasteiger partial charge < -0.3 is 25.0 Å². The van der Waals surface area contributed by atoms with Gasteiger partial charge in [-0.15, -0.1) is 0 Å². The summed E-state index contributed by atoms with van der Waals surface area (Å²) in [5.74, 6) is 0.869. The molecular weight excluding hydrogens is 631 g/mol. The Balaban J connectivity index is 1.14. The maximum atomic E-state index is 14.0. The molecule has 262 valence electrons. The number of carbonyl (C=O) groups is 2. The van der Waals surface area contributed by atoms with Gasteiger partial charge in [0.15, 0.2) is 5.82 Å². The van der Waals surface area contributed by atoms with Gasteiger partial charge in [0.25, 0.3) is 5.91 Å². The number of rotatable bonds is 9. The second-order valence-corrected chi connectivity index (χ2v) is 15.8. The zero-order valence-corrected chi connectivity index (χ0v) is 29.7. The number of amides is 2. The highest BCUT2D eigenvalue weighted by molar-refractivity contribution is 6.09. The zero-order valence-electron chi connectivity index (χ0n) is 29.7. The second kappa shape index (κ2) is 12.1. The van der Waals surface area contributed by atoms with Crippen molar-refractivity contribution in [2.24, 2.45) is 0 Å². The van der Waals surface area contributed by atoms with Crippen LogP contribution in [0.3, 0.4) is 0 Å². The summed E-state index contributed by atoms with van der Waals surface area (Å²) in [6, 6.07) is 10.8. The number of likely N-dealkylation sites (tertiary alicyclic amines) is 1. The second-order valence-electron chi connectivity index (χ2n) is 15.8. The van der Waals surface area contributed by atoms with E-state index in [-0.39, 0.29) is 23.9 Å². The van der Waals surface area contributed by atoms with Crippen molar-refractivity contribution < 1.29 is 14.0 Å². The van der Waals surface area contributed by atoms with Gasteiger partial charge in [-0.1, -0.05) is 18.6 Å². The van der Waals surface area contributed by atoms with Gasteiger partial charge >= 0.3 is 0 Å². The molecule has 2 amide bonds. The lowest BCUT2D eigenvalue weighted by Crippen LogP contribution is -2.57. The normalized spacial score (nSPS) is 22.5. The number of anilines is 3. The summed E-state index contributed by atoms with van der Waals surface area (Å²) in [7, 11) is 0. The fourth-order valence-corrected chi connectivity index (χ4v) is 8.05. The van der Waals surface area contributed by atoms with Crippen LogP contribution in [0.4, 0.5) is 21.7 Å². The van der Waals surface area contributed by atoms with Crippen LogP contribution in [0, 0.1) is 6.92 Å². The Morgan fingerprint density at radius 1 is 1.04 bits per heavy atom. The number of alkyl halides is 1. The number of carbonyl (C=O) groups excluding carboxylic acids is 2. The van der Waals surface area contributed by atoms with Crippen molar-refractivity contribution >= 4 is 40.2 Å². The maximum Gasteiger partial charge on any atom is 0.252 e. The van der Waals surface area contributed by atoms with Crippen LogP contribution in [0.2, 0.25) is 0 Å². The summed E-state index contributed by atoms with van der Waals surface area (Å²) in [5.41, 5.74) is 5.03. The van der Waals surface area contributed by atoms with E-state index >= 15 is 0 Å². The SMILES string of the molecule is Cc1cnc(Nc2nc(-c3ccc4c(c3)N(C3CC(N5CCCCC5)C3)C(=O)C4(C)C)cc3ncn(C(C)C)c23)cc1C(=O)NC1(CF)CC1. The van der Waals surface area contributed by atoms with Crippen molar-refractivity contribution in [2.75, 3.05) is 30.0 Å². The predicted molar refractivity (Wildman–Crippen MR) is 194 cm³/mol. The smallest absolute Gasteiger partial charge is 0.252 e. The molecule has 3 fully saturated rings. The Bertz CT molecular complexity index is 1990. The summed E-state index contributed by atoms with van der Waals surface area (Å²) in [6.07, 6.45) is 10.6. The fraction of sp³-hybridized carbons (Fsp3) is 0.513. The first kappa shape index (κ1) is 32.8. The molecule has 0 unspecified atom stereocenters. The Kier molecular flexibility index (Phi) is 7.97. The number of aromatic nitrogens is 4. The molecule has 4 aromatic rings. The summed E-state index contributed by atoms with van der Waals surface area (Å²) in [4.78, 5) is 46.4. The Morgan fingerprint density at radius 3 is 2.50 bits per heavy atom. The highest BCUT2D eigenvalue weighted by Crippen LogP contribution is 2.48. The number of halogens is 1. The number of nitrogens with zero attached hydrogens (tertiary/aromatic N) is 6. The molecule has 1 aromatic carbocycles. The number of hydrogen-bond acceptors (Lipinski definition) is 7. The van der Waals surface area contributed by atoms with E-state index in [4.69, 9.17) is 9.97 Å². The van der Waals surface area contributed by atoms with E-state index in [0.717, 1.165) is 46.4 Å². The van der Waals surface area contributed by atoms with Crippen molar-refractivity contribution in [3.8, 4) is 11.3 Å². The number of benzene rings is 1. The van der Waals surface area contributed by atoms with Crippen molar-refractivity contribution in [3.05, 3.63) is 59.5 Å². The topological polar surface area (TPSA) is 108 Å². The van der Waals surface area contributed by atoms with Crippen LogP contribution in [0.5, 0.6) is 0 Å². The van der Waals surface area contributed by atoms with Gasteiger partial charge in [-0.2, -0.15) is 0 Å². The molecule has 1 saturated heterocycles. The van der Waals surface area contributed by atoms with E-state index in [1.54, 1.807) is 12.3 Å². The van der Waals surface area contributed by atoms with Gasteiger partial charge in [0.2, 0.25) is 5.91 Å². The average molecular weight is 679 g/mol. The lowest BCUT2D eigenvalue weighted by molar-refractivity contribution is -0.123. The third-order valence-corrected chi connectivity index (χ3v) is 11.5. The minimum atomic E-state index is -0.745. The highest BCUT2D eigenvalue weighted by atomic mass is 19.1. The Labute approximate surface area is 292 Å². The molecule has 4 aliphatic rings. The fourth-order valence-electron chi connectivity index (χ4n) is 8.05.